The highest BCUT2D eigenvalue weighted by molar-refractivity contribution is 7.98. The number of nitrogens with one attached hydrogen (secondary N) is 3. The van der Waals surface area contributed by atoms with Gasteiger partial charge >= 0.3 is 0 Å². The summed E-state index contributed by atoms with van der Waals surface area (Å²) in [6.07, 6.45) is 4.79. The van der Waals surface area contributed by atoms with E-state index in [1.807, 2.05) is 31.9 Å². The van der Waals surface area contributed by atoms with Crippen LogP contribution in [0.4, 0.5) is 5.69 Å². The minimum absolute atomic E-state index is 0.119. The molecular weight excluding hydrogens is 378 g/mol. The van der Waals surface area contributed by atoms with Crippen molar-refractivity contribution in [2.24, 2.45) is 5.92 Å². The van der Waals surface area contributed by atoms with Gasteiger partial charge in [-0.05, 0) is 84.4 Å². The van der Waals surface area contributed by atoms with Gasteiger partial charge in [0.2, 0.25) is 10.0 Å². The lowest BCUT2D eigenvalue weighted by molar-refractivity contribution is 0.328. The van der Waals surface area contributed by atoms with E-state index in [-0.39, 0.29) is 10.8 Å². The van der Waals surface area contributed by atoms with Crippen molar-refractivity contribution in [2.45, 2.75) is 82.0 Å². The molecule has 5 nitrogen and oxygen atoms in total. The second-order valence-electron chi connectivity index (χ2n) is 8.73. The molecule has 3 N–H and O–H groups in total. The predicted molar refractivity (Wildman–Crippen MR) is 117 cm³/mol. The van der Waals surface area contributed by atoms with Crippen LogP contribution in [0.5, 0.6) is 0 Å². The van der Waals surface area contributed by atoms with Crippen LogP contribution in [0, 0.1) is 5.92 Å². The highest BCUT2D eigenvalue weighted by Crippen LogP contribution is 2.28. The molecule has 1 aromatic carbocycles. The van der Waals surface area contributed by atoms with Crippen LogP contribution in [0.15, 0.2) is 29.2 Å². The first kappa shape index (κ1) is 22.5. The van der Waals surface area contributed by atoms with Gasteiger partial charge in [-0.3, -0.25) is 4.72 Å². The fourth-order valence-corrected chi connectivity index (χ4v) is 5.21. The Labute approximate surface area is 169 Å². The molecule has 2 rings (SSSR count). The van der Waals surface area contributed by atoms with E-state index in [1.54, 1.807) is 18.2 Å². The van der Waals surface area contributed by atoms with Gasteiger partial charge in [0.05, 0.1) is 4.90 Å². The molecule has 0 atom stereocenters. The van der Waals surface area contributed by atoms with E-state index < -0.39 is 10.0 Å². The number of sulfonamides is 1. The largest absolute Gasteiger partial charge is 0.385 e. The third-order valence-electron chi connectivity index (χ3n) is 4.51. The molecule has 0 amide bonds. The molecule has 0 saturated heterocycles. The predicted octanol–water partition coefficient (Wildman–Crippen LogP) is 4.38. The van der Waals surface area contributed by atoms with Crippen LogP contribution in [-0.2, 0) is 10.0 Å². The van der Waals surface area contributed by atoms with Crippen molar-refractivity contribution in [3.8, 4) is 0 Å². The van der Waals surface area contributed by atoms with Crippen molar-refractivity contribution in [2.75, 3.05) is 11.9 Å². The van der Waals surface area contributed by atoms with E-state index in [9.17, 15) is 8.42 Å². The van der Waals surface area contributed by atoms with Crippen molar-refractivity contribution in [3.05, 3.63) is 24.3 Å². The molecule has 0 spiro atoms. The van der Waals surface area contributed by atoms with Crippen LogP contribution in [0.1, 0.15) is 60.3 Å². The van der Waals surface area contributed by atoms with Gasteiger partial charge in [-0.25, -0.2) is 13.1 Å². The molecular formula is C20H35N3O2S2. The first-order chi connectivity index (χ1) is 12.5. The van der Waals surface area contributed by atoms with Crippen LogP contribution in [-0.4, -0.2) is 31.8 Å². The summed E-state index contributed by atoms with van der Waals surface area (Å²) in [5, 5.41) is 3.43. The molecule has 0 bridgehead atoms. The number of hydrogen-bond acceptors (Lipinski definition) is 5. The minimum atomic E-state index is -3.45. The Hall–Kier alpha value is -0.760. The maximum absolute atomic E-state index is 12.3. The summed E-state index contributed by atoms with van der Waals surface area (Å²) in [6.45, 7) is 11.2. The summed E-state index contributed by atoms with van der Waals surface area (Å²) in [7, 11) is -3.45. The zero-order chi connectivity index (χ0) is 20.1. The highest BCUT2D eigenvalue weighted by Gasteiger charge is 2.23. The maximum Gasteiger partial charge on any atom is 0.240 e. The Balaban J connectivity index is 1.82. The third kappa shape index (κ3) is 8.02. The zero-order valence-corrected chi connectivity index (χ0v) is 18.8. The topological polar surface area (TPSA) is 70.2 Å². The zero-order valence-electron chi connectivity index (χ0n) is 17.2. The summed E-state index contributed by atoms with van der Waals surface area (Å²) in [5.41, 5.74) is 0.866. The first-order valence-corrected chi connectivity index (χ1v) is 12.1. The Morgan fingerprint density at radius 2 is 1.81 bits per heavy atom. The van der Waals surface area contributed by atoms with Crippen LogP contribution >= 0.6 is 11.9 Å². The molecule has 1 saturated carbocycles. The smallest absolute Gasteiger partial charge is 0.240 e. The van der Waals surface area contributed by atoms with E-state index in [1.165, 1.54) is 25.7 Å². The Kier molecular flexibility index (Phi) is 8.04. The van der Waals surface area contributed by atoms with Gasteiger partial charge in [-0.15, -0.1) is 0 Å². The quantitative estimate of drug-likeness (QED) is 0.552. The molecule has 1 aliphatic carbocycles. The first-order valence-electron chi connectivity index (χ1n) is 9.85. The van der Waals surface area contributed by atoms with Crippen molar-refractivity contribution in [1.29, 1.82) is 0 Å². The molecule has 1 aromatic rings. The van der Waals surface area contributed by atoms with Gasteiger partial charge in [0, 0.05) is 29.1 Å². The molecule has 0 heterocycles. The average molecular weight is 414 g/mol. The third-order valence-corrected chi connectivity index (χ3v) is 7.23. The highest BCUT2D eigenvalue weighted by atomic mass is 32.2. The second-order valence-corrected chi connectivity index (χ2v) is 12.1. The monoisotopic (exact) mass is 413 g/mol. The summed E-state index contributed by atoms with van der Waals surface area (Å²) in [4.78, 5) is 0.313. The summed E-state index contributed by atoms with van der Waals surface area (Å²) in [5.74, 6) is 0.636. The molecule has 7 heteroatoms. The van der Waals surface area contributed by atoms with Crippen molar-refractivity contribution >= 4 is 27.7 Å². The van der Waals surface area contributed by atoms with Gasteiger partial charge in [-0.1, -0.05) is 18.0 Å². The molecule has 1 aliphatic rings. The lowest BCUT2D eigenvalue weighted by Crippen LogP contribution is -2.33. The van der Waals surface area contributed by atoms with E-state index in [0.717, 1.165) is 12.2 Å². The van der Waals surface area contributed by atoms with Gasteiger partial charge in [0.15, 0.2) is 0 Å². The second kappa shape index (κ2) is 9.63. The fraction of sp³-hybridized carbons (Fsp3) is 0.700. The van der Waals surface area contributed by atoms with Gasteiger partial charge in [0.25, 0.3) is 0 Å². The van der Waals surface area contributed by atoms with Crippen LogP contribution in [0.25, 0.3) is 0 Å². The van der Waals surface area contributed by atoms with E-state index in [4.69, 9.17) is 0 Å². The number of anilines is 1. The molecule has 0 aromatic heterocycles. The number of benzene rings is 1. The molecule has 1 fully saturated rings. The van der Waals surface area contributed by atoms with Gasteiger partial charge in [-0.2, -0.15) is 0 Å². The van der Waals surface area contributed by atoms with E-state index in [0.29, 0.717) is 16.9 Å². The Bertz CT molecular complexity index is 691. The summed E-state index contributed by atoms with van der Waals surface area (Å²) < 4.78 is 31.1. The summed E-state index contributed by atoms with van der Waals surface area (Å²) in [6, 6.07) is 7.56. The Morgan fingerprint density at radius 3 is 2.41 bits per heavy atom. The van der Waals surface area contributed by atoms with Crippen molar-refractivity contribution < 1.29 is 8.42 Å². The fourth-order valence-electron chi connectivity index (χ4n) is 3.16. The lowest BCUT2D eigenvalue weighted by Gasteiger charge is -2.31. The van der Waals surface area contributed by atoms with Gasteiger partial charge in [0.1, 0.15) is 0 Å². The average Bonchev–Trinajstić information content (AvgIpc) is 2.57. The van der Waals surface area contributed by atoms with Crippen LogP contribution < -0.4 is 14.8 Å². The molecule has 154 valence electrons. The normalized spacial score (nSPS) is 21.4. The lowest BCUT2D eigenvalue weighted by atomic mass is 9.86. The van der Waals surface area contributed by atoms with Crippen molar-refractivity contribution in [1.82, 2.24) is 9.44 Å². The summed E-state index contributed by atoms with van der Waals surface area (Å²) >= 11 is 1.83. The van der Waals surface area contributed by atoms with Crippen molar-refractivity contribution in [3.63, 3.8) is 0 Å². The maximum atomic E-state index is 12.3. The SMILES string of the molecule is CC(C)NS(=O)(=O)c1cccc(NCC2CCC(NSC(C)(C)C)CC2)c1. The standard InChI is InChI=1S/C20H35N3O2S2/c1-15(2)23-27(24,25)19-8-6-7-18(13-19)21-14-16-9-11-17(12-10-16)22-26-20(3,4)5/h6-8,13,15-17,21-23H,9-12,14H2,1-5H3. The molecule has 0 unspecified atom stereocenters. The van der Waals surface area contributed by atoms with E-state index in [2.05, 4.69) is 35.5 Å². The molecule has 27 heavy (non-hydrogen) atoms. The molecule has 0 radical (unpaired) electrons. The van der Waals surface area contributed by atoms with Crippen LogP contribution in [0.2, 0.25) is 0 Å². The minimum Gasteiger partial charge on any atom is -0.385 e. The number of hydrogen-bond donors (Lipinski definition) is 3. The van der Waals surface area contributed by atoms with Gasteiger partial charge < -0.3 is 5.32 Å². The van der Waals surface area contributed by atoms with E-state index >= 15 is 0 Å². The number of rotatable bonds is 8. The van der Waals surface area contributed by atoms with Crippen LogP contribution in [0.3, 0.4) is 0 Å². The Morgan fingerprint density at radius 1 is 1.15 bits per heavy atom. The molecule has 0 aliphatic heterocycles.